The minimum Gasteiger partial charge on any atom is -0.493 e. The van der Waals surface area contributed by atoms with Crippen LogP contribution >= 0.6 is 11.6 Å². The van der Waals surface area contributed by atoms with Gasteiger partial charge in [0.2, 0.25) is 0 Å². The van der Waals surface area contributed by atoms with E-state index in [0.717, 1.165) is 52.8 Å². The monoisotopic (exact) mass is 486 g/mol. The second kappa shape index (κ2) is 12.4. The van der Waals surface area contributed by atoms with Crippen molar-refractivity contribution < 1.29 is 9.47 Å². The van der Waals surface area contributed by atoms with E-state index in [1.165, 1.54) is 11.1 Å². The third-order valence-corrected chi connectivity index (χ3v) is 6.11. The number of methoxy groups -OCH3 is 1. The van der Waals surface area contributed by atoms with Gasteiger partial charge in [0.05, 0.1) is 7.11 Å². The molecule has 0 amide bonds. The number of benzene rings is 4. The second-order valence-corrected chi connectivity index (χ2v) is 8.99. The first-order valence-corrected chi connectivity index (χ1v) is 12.1. The van der Waals surface area contributed by atoms with Gasteiger partial charge in [-0.25, -0.2) is 0 Å². The van der Waals surface area contributed by atoms with Gasteiger partial charge in [0.1, 0.15) is 6.61 Å². The predicted molar refractivity (Wildman–Crippen MR) is 143 cm³/mol. The summed E-state index contributed by atoms with van der Waals surface area (Å²) in [4.78, 5) is 2.40. The molecule has 2 N–H and O–H groups in total. The van der Waals surface area contributed by atoms with Crippen molar-refractivity contribution in [2.24, 2.45) is 5.73 Å². The highest BCUT2D eigenvalue weighted by molar-refractivity contribution is 6.30. The van der Waals surface area contributed by atoms with Crippen LogP contribution in [0.2, 0.25) is 5.02 Å². The highest BCUT2D eigenvalue weighted by Gasteiger charge is 2.12. The van der Waals surface area contributed by atoms with Crippen LogP contribution in [0.15, 0.2) is 97.1 Å². The zero-order chi connectivity index (χ0) is 24.5. The van der Waals surface area contributed by atoms with E-state index in [9.17, 15) is 0 Å². The van der Waals surface area contributed by atoms with Gasteiger partial charge < -0.3 is 15.2 Å². The number of nitrogens with two attached hydrogens (primary N) is 1. The van der Waals surface area contributed by atoms with E-state index in [4.69, 9.17) is 26.8 Å². The van der Waals surface area contributed by atoms with Crippen molar-refractivity contribution in [2.45, 2.75) is 32.8 Å². The zero-order valence-electron chi connectivity index (χ0n) is 20.0. The molecular weight excluding hydrogens is 456 g/mol. The molecule has 4 aromatic rings. The van der Waals surface area contributed by atoms with Crippen LogP contribution in [0.1, 0.15) is 27.8 Å². The van der Waals surface area contributed by atoms with Crippen molar-refractivity contribution in [1.82, 2.24) is 4.90 Å². The van der Waals surface area contributed by atoms with E-state index in [1.807, 2.05) is 36.4 Å². The van der Waals surface area contributed by atoms with E-state index < -0.39 is 0 Å². The quantitative estimate of drug-likeness (QED) is 0.260. The standard InChI is InChI=1S/C30H31ClN2O2/c1-34-30-17-27(13-16-29(30)35-22-26-5-3-2-4-6-26)21-33(20-25-11-14-28(31)15-12-25)19-24-9-7-23(18-32)8-10-24/h2-17H,18-22,32H2,1H3. The first kappa shape index (κ1) is 24.8. The minimum absolute atomic E-state index is 0.498. The molecule has 0 fully saturated rings. The Hall–Kier alpha value is -3.31. The molecule has 0 aliphatic heterocycles. The van der Waals surface area contributed by atoms with E-state index in [2.05, 4.69) is 65.6 Å². The Morgan fingerprint density at radius 1 is 0.657 bits per heavy atom. The highest BCUT2D eigenvalue weighted by Crippen LogP contribution is 2.30. The molecule has 0 atom stereocenters. The van der Waals surface area contributed by atoms with Crippen LogP contribution in [0, 0.1) is 0 Å². The summed E-state index contributed by atoms with van der Waals surface area (Å²) in [6, 6.07) is 32.8. The number of nitrogens with zero attached hydrogens (tertiary/aromatic N) is 1. The molecule has 0 unspecified atom stereocenters. The fraction of sp³-hybridized carbons (Fsp3) is 0.200. The lowest BCUT2D eigenvalue weighted by Crippen LogP contribution is -2.22. The maximum atomic E-state index is 6.10. The van der Waals surface area contributed by atoms with Gasteiger partial charge in [-0.15, -0.1) is 0 Å². The molecule has 0 spiro atoms. The van der Waals surface area contributed by atoms with Gasteiger partial charge in [-0.2, -0.15) is 0 Å². The molecule has 0 aliphatic carbocycles. The van der Waals surface area contributed by atoms with Crippen LogP contribution < -0.4 is 15.2 Å². The summed E-state index contributed by atoms with van der Waals surface area (Å²) >= 11 is 6.10. The number of rotatable bonds is 11. The third kappa shape index (κ3) is 7.33. The normalized spacial score (nSPS) is 11.0. The topological polar surface area (TPSA) is 47.7 Å². The van der Waals surface area contributed by atoms with Gasteiger partial charge in [-0.05, 0) is 52.1 Å². The summed E-state index contributed by atoms with van der Waals surface area (Å²) in [7, 11) is 1.68. The van der Waals surface area contributed by atoms with Crippen molar-refractivity contribution in [3.05, 3.63) is 130 Å². The molecule has 0 saturated carbocycles. The molecule has 4 aromatic carbocycles. The fourth-order valence-corrected chi connectivity index (χ4v) is 4.10. The summed E-state index contributed by atoms with van der Waals surface area (Å²) in [6.45, 7) is 3.41. The molecule has 0 radical (unpaired) electrons. The van der Waals surface area contributed by atoms with E-state index in [0.29, 0.717) is 13.2 Å². The number of hydrogen-bond acceptors (Lipinski definition) is 4. The average Bonchev–Trinajstić information content (AvgIpc) is 2.90. The molecule has 4 nitrogen and oxygen atoms in total. The molecule has 0 saturated heterocycles. The minimum atomic E-state index is 0.498. The fourth-order valence-electron chi connectivity index (χ4n) is 3.98. The molecule has 4 rings (SSSR count). The first-order valence-electron chi connectivity index (χ1n) is 11.7. The van der Waals surface area contributed by atoms with E-state index in [1.54, 1.807) is 7.11 Å². The van der Waals surface area contributed by atoms with E-state index in [-0.39, 0.29) is 0 Å². The summed E-state index contributed by atoms with van der Waals surface area (Å²) in [6.07, 6.45) is 0. The first-order chi connectivity index (χ1) is 17.1. The number of halogens is 1. The van der Waals surface area contributed by atoms with Gasteiger partial charge in [-0.3, -0.25) is 4.90 Å². The second-order valence-electron chi connectivity index (χ2n) is 8.55. The van der Waals surface area contributed by atoms with Crippen molar-refractivity contribution in [1.29, 1.82) is 0 Å². The van der Waals surface area contributed by atoms with Gasteiger partial charge in [0.25, 0.3) is 0 Å². The predicted octanol–water partition coefficient (Wildman–Crippen LogP) is 6.59. The van der Waals surface area contributed by atoms with Crippen LogP contribution in [0.4, 0.5) is 0 Å². The Balaban J connectivity index is 1.50. The zero-order valence-corrected chi connectivity index (χ0v) is 20.7. The average molecular weight is 487 g/mol. The Labute approximate surface area is 212 Å². The Morgan fingerprint density at radius 2 is 1.23 bits per heavy atom. The van der Waals surface area contributed by atoms with Gasteiger partial charge in [0.15, 0.2) is 11.5 Å². The maximum absolute atomic E-state index is 6.10. The molecule has 0 heterocycles. The molecule has 0 aromatic heterocycles. The maximum Gasteiger partial charge on any atom is 0.161 e. The Bertz CT molecular complexity index is 1200. The summed E-state index contributed by atoms with van der Waals surface area (Å²) in [5.74, 6) is 1.47. The Morgan fingerprint density at radius 3 is 1.86 bits per heavy atom. The number of ether oxygens (including phenoxy) is 2. The number of hydrogen-bond donors (Lipinski definition) is 1. The molecule has 0 bridgehead atoms. The smallest absolute Gasteiger partial charge is 0.161 e. The lowest BCUT2D eigenvalue weighted by molar-refractivity contribution is 0.246. The summed E-state index contributed by atoms with van der Waals surface area (Å²) < 4.78 is 11.7. The Kier molecular flexibility index (Phi) is 8.79. The van der Waals surface area contributed by atoms with Crippen LogP contribution in [0.3, 0.4) is 0 Å². The molecule has 5 heteroatoms. The van der Waals surface area contributed by atoms with Crippen LogP contribution in [0.25, 0.3) is 0 Å². The molecule has 0 aliphatic rings. The van der Waals surface area contributed by atoms with Crippen LogP contribution in [0.5, 0.6) is 11.5 Å². The van der Waals surface area contributed by atoms with Crippen molar-refractivity contribution >= 4 is 11.6 Å². The summed E-state index contributed by atoms with van der Waals surface area (Å²) in [5, 5.41) is 0.744. The largest absolute Gasteiger partial charge is 0.493 e. The lowest BCUT2D eigenvalue weighted by atomic mass is 10.1. The van der Waals surface area contributed by atoms with E-state index >= 15 is 0 Å². The summed E-state index contributed by atoms with van der Waals surface area (Å²) in [5.41, 5.74) is 11.6. The lowest BCUT2D eigenvalue weighted by Gasteiger charge is -2.23. The SMILES string of the molecule is COc1cc(CN(Cc2ccc(Cl)cc2)Cc2ccc(CN)cc2)ccc1OCc1ccccc1. The molecule has 180 valence electrons. The van der Waals surface area contributed by atoms with Crippen LogP contribution in [-0.2, 0) is 32.8 Å². The highest BCUT2D eigenvalue weighted by atomic mass is 35.5. The van der Waals surface area contributed by atoms with Gasteiger partial charge >= 0.3 is 0 Å². The van der Waals surface area contributed by atoms with Gasteiger partial charge in [-0.1, -0.05) is 84.4 Å². The molecule has 35 heavy (non-hydrogen) atoms. The van der Waals surface area contributed by atoms with Crippen molar-refractivity contribution in [2.75, 3.05) is 7.11 Å². The molecular formula is C30H31ClN2O2. The van der Waals surface area contributed by atoms with Crippen LogP contribution in [-0.4, -0.2) is 12.0 Å². The van der Waals surface area contributed by atoms with Gasteiger partial charge in [0, 0.05) is 31.2 Å². The van der Waals surface area contributed by atoms with Crippen molar-refractivity contribution in [3.63, 3.8) is 0 Å². The third-order valence-electron chi connectivity index (χ3n) is 5.86. The van der Waals surface area contributed by atoms with Crippen molar-refractivity contribution in [3.8, 4) is 11.5 Å².